The molecule has 0 unspecified atom stereocenters. The van der Waals surface area contributed by atoms with Gasteiger partial charge in [0.25, 0.3) is 0 Å². The van der Waals surface area contributed by atoms with Crippen LogP contribution in [0.5, 0.6) is 0 Å². The van der Waals surface area contributed by atoms with Crippen LogP contribution in [0.15, 0.2) is 15.9 Å². The Morgan fingerprint density at radius 1 is 1.36 bits per heavy atom. The molecule has 1 rings (SSSR count). The smallest absolute Gasteiger partial charge is 0.0701 e. The highest BCUT2D eigenvalue weighted by atomic mass is 79.9. The van der Waals surface area contributed by atoms with Crippen LogP contribution in [0.4, 0.5) is 0 Å². The van der Waals surface area contributed by atoms with E-state index in [-0.39, 0.29) is 0 Å². The summed E-state index contributed by atoms with van der Waals surface area (Å²) in [5.41, 5.74) is 0.297. The van der Waals surface area contributed by atoms with Crippen LogP contribution in [0.3, 0.4) is 0 Å². The van der Waals surface area contributed by atoms with Gasteiger partial charge in [0.15, 0.2) is 0 Å². The van der Waals surface area contributed by atoms with Gasteiger partial charge in [0.05, 0.1) is 3.79 Å². The minimum absolute atomic E-state index is 0.297. The van der Waals surface area contributed by atoms with Crippen LogP contribution < -0.4 is 0 Å². The zero-order valence-corrected chi connectivity index (χ0v) is 11.8. The molecular formula is C11H16BrClS. The van der Waals surface area contributed by atoms with Crippen molar-refractivity contribution in [3.05, 3.63) is 20.8 Å². The maximum atomic E-state index is 6.07. The molecule has 0 aromatic carbocycles. The molecule has 0 radical (unpaired) electrons. The van der Waals surface area contributed by atoms with E-state index >= 15 is 0 Å². The minimum atomic E-state index is 0.297. The second-order valence-corrected chi connectivity index (χ2v) is 6.54. The topological polar surface area (TPSA) is 0 Å². The summed E-state index contributed by atoms with van der Waals surface area (Å²) >= 11 is 11.4. The second kappa shape index (κ2) is 5.53. The Bertz CT molecular complexity index is 270. The Kier molecular flexibility index (Phi) is 4.95. The summed E-state index contributed by atoms with van der Waals surface area (Å²) in [6.07, 6.45) is 3.42. The van der Waals surface area contributed by atoms with E-state index in [1.807, 2.05) is 11.3 Å². The first kappa shape index (κ1) is 12.5. The summed E-state index contributed by atoms with van der Waals surface area (Å²) in [7, 11) is 0. The predicted molar refractivity (Wildman–Crippen MR) is 69.5 cm³/mol. The summed E-state index contributed by atoms with van der Waals surface area (Å²) in [6, 6.07) is 4.31. The fraction of sp³-hybridized carbons (Fsp3) is 0.636. The molecule has 0 atom stereocenters. The third-order valence-electron chi connectivity index (χ3n) is 2.96. The van der Waals surface area contributed by atoms with E-state index in [9.17, 15) is 0 Å². The molecule has 0 nitrogen and oxygen atoms in total. The molecule has 0 aliphatic rings. The van der Waals surface area contributed by atoms with Crippen molar-refractivity contribution in [1.29, 1.82) is 0 Å². The van der Waals surface area contributed by atoms with E-state index in [0.29, 0.717) is 5.41 Å². The van der Waals surface area contributed by atoms with Crippen molar-refractivity contribution in [3.63, 3.8) is 0 Å². The standard InChI is InChI=1S/C11H16BrClS/c1-3-11(4-2,8-13)7-9-5-6-10(12)14-9/h5-6H,3-4,7-8H2,1-2H3. The van der Waals surface area contributed by atoms with E-state index in [1.165, 1.54) is 8.66 Å². The lowest BCUT2D eigenvalue weighted by Crippen LogP contribution is -2.23. The maximum Gasteiger partial charge on any atom is 0.0701 e. The number of halogens is 2. The van der Waals surface area contributed by atoms with Gasteiger partial charge in [0.2, 0.25) is 0 Å². The normalized spacial score (nSPS) is 12.0. The first-order chi connectivity index (χ1) is 6.65. The van der Waals surface area contributed by atoms with E-state index < -0.39 is 0 Å². The third kappa shape index (κ3) is 2.98. The predicted octanol–water partition coefficient (Wildman–Crippen LogP) is 5.10. The van der Waals surface area contributed by atoms with Gasteiger partial charge in [-0.1, -0.05) is 13.8 Å². The van der Waals surface area contributed by atoms with Gasteiger partial charge in [0, 0.05) is 10.8 Å². The highest BCUT2D eigenvalue weighted by Gasteiger charge is 2.25. The minimum Gasteiger partial charge on any atom is -0.133 e. The molecule has 3 heteroatoms. The van der Waals surface area contributed by atoms with Crippen molar-refractivity contribution >= 4 is 38.9 Å². The third-order valence-corrected chi connectivity index (χ3v) is 5.15. The van der Waals surface area contributed by atoms with Gasteiger partial charge in [-0.05, 0) is 52.7 Å². The average molecular weight is 296 g/mol. The fourth-order valence-electron chi connectivity index (χ4n) is 1.55. The Labute approximate surface area is 104 Å². The van der Waals surface area contributed by atoms with Crippen LogP contribution in [0.2, 0.25) is 0 Å². The van der Waals surface area contributed by atoms with Crippen molar-refractivity contribution < 1.29 is 0 Å². The van der Waals surface area contributed by atoms with Gasteiger partial charge in [0.1, 0.15) is 0 Å². The van der Waals surface area contributed by atoms with Gasteiger partial charge in [-0.15, -0.1) is 22.9 Å². The average Bonchev–Trinajstić information content (AvgIpc) is 2.61. The number of alkyl halides is 1. The van der Waals surface area contributed by atoms with E-state index in [2.05, 4.69) is 41.9 Å². The molecule has 1 heterocycles. The zero-order valence-electron chi connectivity index (χ0n) is 8.65. The van der Waals surface area contributed by atoms with E-state index in [0.717, 1.165) is 25.1 Å². The van der Waals surface area contributed by atoms with Gasteiger partial charge in [-0.3, -0.25) is 0 Å². The molecule has 0 aliphatic carbocycles. The first-order valence-corrected chi connectivity index (χ1v) is 7.10. The van der Waals surface area contributed by atoms with Crippen LogP contribution >= 0.6 is 38.9 Å². The molecule has 0 saturated heterocycles. The Morgan fingerprint density at radius 2 is 2.00 bits per heavy atom. The van der Waals surface area contributed by atoms with Gasteiger partial charge in [-0.2, -0.15) is 0 Å². The molecule has 1 aromatic heterocycles. The van der Waals surface area contributed by atoms with Crippen molar-refractivity contribution in [2.45, 2.75) is 33.1 Å². The number of rotatable bonds is 5. The molecule has 0 fully saturated rings. The quantitative estimate of drug-likeness (QED) is 0.663. The van der Waals surface area contributed by atoms with Gasteiger partial charge in [-0.25, -0.2) is 0 Å². The summed E-state index contributed by atoms with van der Waals surface area (Å²) in [6.45, 7) is 4.46. The van der Waals surface area contributed by atoms with Crippen molar-refractivity contribution in [2.75, 3.05) is 5.88 Å². The molecule has 80 valence electrons. The fourth-order valence-corrected chi connectivity index (χ4v) is 3.68. The van der Waals surface area contributed by atoms with Gasteiger partial charge < -0.3 is 0 Å². The molecular weight excluding hydrogens is 280 g/mol. The molecule has 1 aromatic rings. The van der Waals surface area contributed by atoms with Crippen LogP contribution in [-0.4, -0.2) is 5.88 Å². The molecule has 14 heavy (non-hydrogen) atoms. The Hall–Kier alpha value is 0.470. The SMILES string of the molecule is CCC(CC)(CCl)Cc1ccc(Br)s1. The largest absolute Gasteiger partial charge is 0.133 e. The molecule has 0 saturated carbocycles. The highest BCUT2D eigenvalue weighted by Crippen LogP contribution is 2.35. The van der Waals surface area contributed by atoms with Crippen LogP contribution in [0, 0.1) is 5.41 Å². The molecule has 0 aliphatic heterocycles. The van der Waals surface area contributed by atoms with Crippen LogP contribution in [0.1, 0.15) is 31.6 Å². The summed E-state index contributed by atoms with van der Waals surface area (Å²) in [5.74, 6) is 0.759. The second-order valence-electron chi connectivity index (χ2n) is 3.72. The van der Waals surface area contributed by atoms with Crippen molar-refractivity contribution in [1.82, 2.24) is 0 Å². The van der Waals surface area contributed by atoms with Crippen LogP contribution in [0.25, 0.3) is 0 Å². The number of hydrogen-bond acceptors (Lipinski definition) is 1. The lowest BCUT2D eigenvalue weighted by Gasteiger charge is -2.28. The highest BCUT2D eigenvalue weighted by molar-refractivity contribution is 9.11. The Morgan fingerprint density at radius 3 is 2.36 bits per heavy atom. The maximum absolute atomic E-state index is 6.07. The summed E-state index contributed by atoms with van der Waals surface area (Å²) < 4.78 is 1.21. The molecule has 0 N–H and O–H groups in total. The summed E-state index contributed by atoms with van der Waals surface area (Å²) in [4.78, 5) is 1.43. The monoisotopic (exact) mass is 294 g/mol. The number of thiophene rings is 1. The molecule has 0 spiro atoms. The lowest BCUT2D eigenvalue weighted by atomic mass is 9.81. The van der Waals surface area contributed by atoms with Crippen molar-refractivity contribution in [2.24, 2.45) is 5.41 Å². The van der Waals surface area contributed by atoms with Crippen molar-refractivity contribution in [3.8, 4) is 0 Å². The Balaban J connectivity index is 2.73. The number of hydrogen-bond donors (Lipinski definition) is 0. The van der Waals surface area contributed by atoms with E-state index in [4.69, 9.17) is 11.6 Å². The van der Waals surface area contributed by atoms with E-state index in [1.54, 1.807) is 0 Å². The lowest BCUT2D eigenvalue weighted by molar-refractivity contribution is 0.304. The zero-order chi connectivity index (χ0) is 10.6. The van der Waals surface area contributed by atoms with Gasteiger partial charge >= 0.3 is 0 Å². The van der Waals surface area contributed by atoms with Crippen LogP contribution in [-0.2, 0) is 6.42 Å². The molecule has 0 bridgehead atoms. The summed E-state index contributed by atoms with van der Waals surface area (Å²) in [5, 5.41) is 0. The first-order valence-electron chi connectivity index (χ1n) is 4.96. The molecule has 0 amide bonds.